The van der Waals surface area contributed by atoms with E-state index in [0.29, 0.717) is 28.2 Å². The van der Waals surface area contributed by atoms with E-state index in [4.69, 9.17) is 9.15 Å². The lowest BCUT2D eigenvalue weighted by Crippen LogP contribution is -2.24. The molecule has 1 amide bonds. The highest BCUT2D eigenvalue weighted by atomic mass is 16.5. The van der Waals surface area contributed by atoms with Crippen LogP contribution in [0.3, 0.4) is 0 Å². The van der Waals surface area contributed by atoms with Crippen LogP contribution in [-0.4, -0.2) is 38.5 Å². The molecule has 1 saturated carbocycles. The molecule has 1 aliphatic rings. The fourth-order valence-corrected chi connectivity index (χ4v) is 2.82. The molecule has 4 rings (SSSR count). The van der Waals surface area contributed by atoms with Crippen LogP contribution in [-0.2, 0) is 6.54 Å². The lowest BCUT2D eigenvalue weighted by atomic mass is 10.1. The Morgan fingerprint density at radius 2 is 2.00 bits per heavy atom. The van der Waals surface area contributed by atoms with Crippen LogP contribution in [0.1, 0.15) is 41.4 Å². The molecule has 3 aromatic heterocycles. The summed E-state index contributed by atoms with van der Waals surface area (Å²) in [6, 6.07) is 0.281. The van der Waals surface area contributed by atoms with E-state index >= 15 is 0 Å². The maximum absolute atomic E-state index is 12.9. The molecule has 1 aliphatic carbocycles. The summed E-state index contributed by atoms with van der Waals surface area (Å²) in [5.41, 5.74) is 1.61. The van der Waals surface area contributed by atoms with Crippen molar-refractivity contribution in [3.8, 4) is 6.01 Å². The molecule has 0 aliphatic heterocycles. The largest absolute Gasteiger partial charge is 0.467 e. The van der Waals surface area contributed by atoms with E-state index in [1.165, 1.54) is 13.4 Å². The Morgan fingerprint density at radius 3 is 2.67 bits per heavy atom. The zero-order valence-corrected chi connectivity index (χ0v) is 15.4. The Hall–Kier alpha value is -3.23. The van der Waals surface area contributed by atoms with E-state index in [1.54, 1.807) is 19.3 Å². The Bertz CT molecular complexity index is 994. The molecule has 9 heteroatoms. The second-order valence-electron chi connectivity index (χ2n) is 6.88. The summed E-state index contributed by atoms with van der Waals surface area (Å²) in [5.74, 6) is 0.855. The van der Waals surface area contributed by atoms with Gasteiger partial charge in [-0.15, -0.1) is 0 Å². The van der Waals surface area contributed by atoms with E-state index in [-0.39, 0.29) is 24.0 Å². The summed E-state index contributed by atoms with van der Waals surface area (Å²) in [5, 5.41) is 6.88. The maximum Gasteiger partial charge on any atom is 0.316 e. The third kappa shape index (κ3) is 3.40. The van der Waals surface area contributed by atoms with Gasteiger partial charge in [0.05, 0.1) is 18.1 Å². The predicted molar refractivity (Wildman–Crippen MR) is 97.6 cm³/mol. The molecule has 3 heterocycles. The van der Waals surface area contributed by atoms with E-state index in [2.05, 4.69) is 37.5 Å². The monoisotopic (exact) mass is 368 g/mol. The number of hydrogen-bond donors (Lipinski definition) is 2. The van der Waals surface area contributed by atoms with Crippen molar-refractivity contribution in [2.24, 2.45) is 0 Å². The zero-order chi connectivity index (χ0) is 19.0. The van der Waals surface area contributed by atoms with Gasteiger partial charge in [0.1, 0.15) is 17.9 Å². The quantitative estimate of drug-likeness (QED) is 0.680. The summed E-state index contributed by atoms with van der Waals surface area (Å²) in [6.45, 7) is 4.15. The van der Waals surface area contributed by atoms with Gasteiger partial charge in [-0.1, -0.05) is 0 Å². The van der Waals surface area contributed by atoms with Gasteiger partial charge in [0.2, 0.25) is 5.71 Å². The second-order valence-corrected chi connectivity index (χ2v) is 6.88. The van der Waals surface area contributed by atoms with Crippen molar-refractivity contribution in [1.82, 2.24) is 25.3 Å². The molecule has 2 N–H and O–H groups in total. The van der Waals surface area contributed by atoms with Gasteiger partial charge in [0.25, 0.3) is 5.91 Å². The minimum Gasteiger partial charge on any atom is -0.467 e. The molecule has 0 atom stereocenters. The molecule has 0 aromatic carbocycles. The highest BCUT2D eigenvalue weighted by Gasteiger charge is 2.38. The van der Waals surface area contributed by atoms with Crippen molar-refractivity contribution in [3.63, 3.8) is 0 Å². The van der Waals surface area contributed by atoms with Gasteiger partial charge in [0, 0.05) is 30.0 Å². The second kappa shape index (κ2) is 6.49. The molecule has 140 valence electrons. The Balaban J connectivity index is 1.59. The first-order chi connectivity index (χ1) is 13.0. The van der Waals surface area contributed by atoms with Crippen LogP contribution < -0.4 is 15.4 Å². The molecule has 0 unspecified atom stereocenters. The number of nitrogens with zero attached hydrogens (tertiary/aromatic N) is 4. The van der Waals surface area contributed by atoms with Gasteiger partial charge in [0.15, 0.2) is 0 Å². The van der Waals surface area contributed by atoms with Gasteiger partial charge >= 0.3 is 6.01 Å². The average molecular weight is 368 g/mol. The standard InChI is InChI=1S/C18H20N6O3/c1-10-12(15(25)19-6-11-7-20-17(26-3)21-8-11)13-14(24-18(2)4-5-18)22-9-23-16(13)27-10/h7-9H,4-6H2,1-3H3,(H,19,25)(H,22,23,24). The maximum atomic E-state index is 12.9. The third-order valence-corrected chi connectivity index (χ3v) is 4.63. The van der Waals surface area contributed by atoms with Crippen LogP contribution in [0.25, 0.3) is 11.1 Å². The number of ether oxygens (including phenoxy) is 1. The minimum absolute atomic E-state index is 0.0145. The molecule has 0 radical (unpaired) electrons. The summed E-state index contributed by atoms with van der Waals surface area (Å²) < 4.78 is 10.6. The molecule has 27 heavy (non-hydrogen) atoms. The SMILES string of the molecule is COc1ncc(CNC(=O)c2c(C)oc3ncnc(NC4(C)CC4)c23)cn1. The molecular formula is C18H20N6O3. The predicted octanol–water partition coefficient (Wildman–Crippen LogP) is 2.22. The van der Waals surface area contributed by atoms with Gasteiger partial charge in [-0.3, -0.25) is 4.79 Å². The van der Waals surface area contributed by atoms with E-state index in [9.17, 15) is 4.79 Å². The lowest BCUT2D eigenvalue weighted by Gasteiger charge is -2.13. The van der Waals surface area contributed by atoms with Crippen LogP contribution in [0, 0.1) is 6.92 Å². The van der Waals surface area contributed by atoms with Gasteiger partial charge in [-0.25, -0.2) is 19.9 Å². The van der Waals surface area contributed by atoms with Gasteiger partial charge < -0.3 is 19.8 Å². The summed E-state index contributed by atoms with van der Waals surface area (Å²) in [6.07, 6.45) is 6.78. The molecule has 9 nitrogen and oxygen atoms in total. The van der Waals surface area contributed by atoms with Crippen molar-refractivity contribution < 1.29 is 13.9 Å². The van der Waals surface area contributed by atoms with Crippen molar-refractivity contribution in [1.29, 1.82) is 0 Å². The van der Waals surface area contributed by atoms with Crippen molar-refractivity contribution >= 4 is 22.8 Å². The van der Waals surface area contributed by atoms with Crippen LogP contribution in [0.2, 0.25) is 0 Å². The number of aromatic nitrogens is 4. The summed E-state index contributed by atoms with van der Waals surface area (Å²) in [7, 11) is 1.50. The molecule has 0 bridgehead atoms. The van der Waals surface area contributed by atoms with Crippen LogP contribution in [0.5, 0.6) is 6.01 Å². The smallest absolute Gasteiger partial charge is 0.316 e. The van der Waals surface area contributed by atoms with Gasteiger partial charge in [-0.05, 0) is 26.7 Å². The number of methoxy groups -OCH3 is 1. The number of hydrogen-bond acceptors (Lipinski definition) is 8. The first kappa shape index (κ1) is 17.2. The number of anilines is 1. The average Bonchev–Trinajstić information content (AvgIpc) is 3.28. The number of amides is 1. The van der Waals surface area contributed by atoms with Crippen LogP contribution in [0.4, 0.5) is 5.82 Å². The van der Waals surface area contributed by atoms with Crippen LogP contribution >= 0.6 is 0 Å². The number of nitrogens with one attached hydrogen (secondary N) is 2. The number of aryl methyl sites for hydroxylation is 1. The van der Waals surface area contributed by atoms with E-state index < -0.39 is 0 Å². The Morgan fingerprint density at radius 1 is 1.26 bits per heavy atom. The lowest BCUT2D eigenvalue weighted by molar-refractivity contribution is 0.0950. The molecule has 0 saturated heterocycles. The summed E-state index contributed by atoms with van der Waals surface area (Å²) >= 11 is 0. The van der Waals surface area contributed by atoms with Crippen molar-refractivity contribution in [2.75, 3.05) is 12.4 Å². The molecule has 1 fully saturated rings. The van der Waals surface area contributed by atoms with Crippen molar-refractivity contribution in [2.45, 2.75) is 38.8 Å². The van der Waals surface area contributed by atoms with E-state index in [0.717, 1.165) is 18.4 Å². The first-order valence-corrected chi connectivity index (χ1v) is 8.64. The Labute approximate surface area is 155 Å². The van der Waals surface area contributed by atoms with Crippen LogP contribution in [0.15, 0.2) is 23.1 Å². The van der Waals surface area contributed by atoms with Gasteiger partial charge in [-0.2, -0.15) is 0 Å². The van der Waals surface area contributed by atoms with Crippen molar-refractivity contribution in [3.05, 3.63) is 35.6 Å². The molecule has 3 aromatic rings. The highest BCUT2D eigenvalue weighted by molar-refractivity contribution is 6.10. The molecule has 0 spiro atoms. The number of furan rings is 1. The number of rotatable bonds is 6. The zero-order valence-electron chi connectivity index (χ0n) is 15.4. The fourth-order valence-electron chi connectivity index (χ4n) is 2.82. The minimum atomic E-state index is -0.263. The molecular weight excluding hydrogens is 348 g/mol. The topological polar surface area (TPSA) is 115 Å². The first-order valence-electron chi connectivity index (χ1n) is 8.64. The third-order valence-electron chi connectivity index (χ3n) is 4.63. The highest BCUT2D eigenvalue weighted by Crippen LogP contribution is 2.40. The number of carbonyl (C=O) groups is 1. The normalized spacial score (nSPS) is 14.8. The Kier molecular flexibility index (Phi) is 4.14. The summed E-state index contributed by atoms with van der Waals surface area (Å²) in [4.78, 5) is 29.4. The number of fused-ring (bicyclic) bond motifs is 1. The fraction of sp³-hybridized carbons (Fsp3) is 0.389. The number of carbonyl (C=O) groups excluding carboxylic acids is 1. The van der Waals surface area contributed by atoms with E-state index in [1.807, 2.05) is 0 Å².